The van der Waals surface area contributed by atoms with Crippen LogP contribution in [0.15, 0.2) is 12.2 Å². The zero-order chi connectivity index (χ0) is 10.4. The molecule has 14 heavy (non-hydrogen) atoms. The Morgan fingerprint density at radius 2 is 2.21 bits per heavy atom. The highest BCUT2D eigenvalue weighted by molar-refractivity contribution is 4.92. The maximum atomic E-state index is 4.02. The van der Waals surface area contributed by atoms with E-state index in [0.29, 0.717) is 0 Å². The molecule has 1 nitrogen and oxygen atoms in total. The highest BCUT2D eigenvalue weighted by Crippen LogP contribution is 2.28. The second-order valence-corrected chi connectivity index (χ2v) is 4.84. The summed E-state index contributed by atoms with van der Waals surface area (Å²) >= 11 is 0. The SMILES string of the molecule is C=C(C)CC1CCCC(NCCC)C1. The van der Waals surface area contributed by atoms with Crippen LogP contribution in [0.4, 0.5) is 0 Å². The van der Waals surface area contributed by atoms with Gasteiger partial charge in [-0.1, -0.05) is 25.3 Å². The van der Waals surface area contributed by atoms with E-state index in [1.165, 1.54) is 50.6 Å². The third kappa shape index (κ3) is 4.28. The lowest BCUT2D eigenvalue weighted by Crippen LogP contribution is -2.34. The molecule has 1 saturated carbocycles. The van der Waals surface area contributed by atoms with E-state index in [-0.39, 0.29) is 0 Å². The molecule has 0 spiro atoms. The lowest BCUT2D eigenvalue weighted by molar-refractivity contribution is 0.284. The van der Waals surface area contributed by atoms with Gasteiger partial charge in [0.2, 0.25) is 0 Å². The number of hydrogen-bond acceptors (Lipinski definition) is 1. The van der Waals surface area contributed by atoms with Gasteiger partial charge in [-0.15, -0.1) is 6.58 Å². The van der Waals surface area contributed by atoms with E-state index < -0.39 is 0 Å². The molecule has 0 heterocycles. The van der Waals surface area contributed by atoms with Gasteiger partial charge in [-0.2, -0.15) is 0 Å². The molecule has 0 aliphatic heterocycles. The number of allylic oxidation sites excluding steroid dienone is 1. The molecule has 0 aromatic carbocycles. The fourth-order valence-corrected chi connectivity index (χ4v) is 2.50. The standard InChI is InChI=1S/C13H25N/c1-4-8-14-13-7-5-6-12(10-13)9-11(2)3/h12-14H,2,4-10H2,1,3H3. The van der Waals surface area contributed by atoms with E-state index in [1.807, 2.05) is 0 Å². The largest absolute Gasteiger partial charge is 0.314 e. The van der Waals surface area contributed by atoms with Crippen LogP contribution in [0.5, 0.6) is 0 Å². The molecule has 2 unspecified atom stereocenters. The minimum atomic E-state index is 0.785. The van der Waals surface area contributed by atoms with Crippen LogP contribution >= 0.6 is 0 Å². The molecular formula is C13H25N. The summed E-state index contributed by atoms with van der Waals surface area (Å²) in [4.78, 5) is 0. The summed E-state index contributed by atoms with van der Waals surface area (Å²) in [5.41, 5.74) is 1.35. The summed E-state index contributed by atoms with van der Waals surface area (Å²) in [6.07, 6.45) is 8.06. The Labute approximate surface area is 89.0 Å². The van der Waals surface area contributed by atoms with Crippen molar-refractivity contribution in [2.24, 2.45) is 5.92 Å². The average Bonchev–Trinajstić information content (AvgIpc) is 2.14. The van der Waals surface area contributed by atoms with E-state index in [2.05, 4.69) is 25.7 Å². The quantitative estimate of drug-likeness (QED) is 0.662. The van der Waals surface area contributed by atoms with Gasteiger partial charge in [0.25, 0.3) is 0 Å². The van der Waals surface area contributed by atoms with Crippen molar-refractivity contribution in [1.82, 2.24) is 5.32 Å². The Morgan fingerprint density at radius 3 is 2.86 bits per heavy atom. The van der Waals surface area contributed by atoms with Crippen molar-refractivity contribution < 1.29 is 0 Å². The van der Waals surface area contributed by atoms with Gasteiger partial charge < -0.3 is 5.32 Å². The van der Waals surface area contributed by atoms with Gasteiger partial charge in [-0.3, -0.25) is 0 Å². The van der Waals surface area contributed by atoms with Gasteiger partial charge in [0.05, 0.1) is 0 Å². The molecule has 1 N–H and O–H groups in total. The van der Waals surface area contributed by atoms with Crippen molar-refractivity contribution in [3.8, 4) is 0 Å². The molecule has 0 amide bonds. The topological polar surface area (TPSA) is 12.0 Å². The first-order valence-electron chi connectivity index (χ1n) is 6.10. The van der Waals surface area contributed by atoms with E-state index in [9.17, 15) is 0 Å². The third-order valence-electron chi connectivity index (χ3n) is 3.10. The molecule has 1 heteroatoms. The molecule has 1 rings (SSSR count). The summed E-state index contributed by atoms with van der Waals surface area (Å²) in [5.74, 6) is 0.899. The van der Waals surface area contributed by atoms with Gasteiger partial charge in [0.1, 0.15) is 0 Å². The molecule has 0 saturated heterocycles. The molecule has 0 radical (unpaired) electrons. The maximum Gasteiger partial charge on any atom is 0.00698 e. The van der Waals surface area contributed by atoms with Gasteiger partial charge in [-0.25, -0.2) is 0 Å². The average molecular weight is 195 g/mol. The molecule has 0 aromatic heterocycles. The van der Waals surface area contributed by atoms with E-state index in [1.54, 1.807) is 0 Å². The Balaban J connectivity index is 2.24. The molecule has 0 aromatic rings. The summed E-state index contributed by atoms with van der Waals surface area (Å²) in [7, 11) is 0. The zero-order valence-electron chi connectivity index (χ0n) is 9.81. The second kappa shape index (κ2) is 6.23. The van der Waals surface area contributed by atoms with Gasteiger partial charge >= 0.3 is 0 Å². The zero-order valence-corrected chi connectivity index (χ0v) is 9.81. The Hall–Kier alpha value is -0.300. The first-order valence-corrected chi connectivity index (χ1v) is 6.10. The van der Waals surface area contributed by atoms with Crippen molar-refractivity contribution in [2.75, 3.05) is 6.54 Å². The van der Waals surface area contributed by atoms with Crippen LogP contribution in [0.2, 0.25) is 0 Å². The lowest BCUT2D eigenvalue weighted by atomic mass is 9.82. The Kier molecular flexibility index (Phi) is 5.24. The maximum absolute atomic E-state index is 4.02. The number of hydrogen-bond donors (Lipinski definition) is 1. The fraction of sp³-hybridized carbons (Fsp3) is 0.846. The number of rotatable bonds is 5. The fourth-order valence-electron chi connectivity index (χ4n) is 2.50. The molecular weight excluding hydrogens is 170 g/mol. The van der Waals surface area contributed by atoms with Crippen LogP contribution in [0.1, 0.15) is 52.4 Å². The van der Waals surface area contributed by atoms with Crippen molar-refractivity contribution in [1.29, 1.82) is 0 Å². The monoisotopic (exact) mass is 195 g/mol. The third-order valence-corrected chi connectivity index (χ3v) is 3.10. The minimum Gasteiger partial charge on any atom is -0.314 e. The molecule has 1 aliphatic carbocycles. The minimum absolute atomic E-state index is 0.785. The van der Waals surface area contributed by atoms with Crippen LogP contribution in [-0.2, 0) is 0 Å². The van der Waals surface area contributed by atoms with Crippen LogP contribution < -0.4 is 5.32 Å². The summed E-state index contributed by atoms with van der Waals surface area (Å²) < 4.78 is 0. The summed E-state index contributed by atoms with van der Waals surface area (Å²) in [6.45, 7) is 9.59. The molecule has 0 bridgehead atoms. The molecule has 82 valence electrons. The van der Waals surface area contributed by atoms with Crippen molar-refractivity contribution >= 4 is 0 Å². The highest BCUT2D eigenvalue weighted by Gasteiger charge is 2.20. The van der Waals surface area contributed by atoms with Crippen LogP contribution in [-0.4, -0.2) is 12.6 Å². The van der Waals surface area contributed by atoms with E-state index in [4.69, 9.17) is 0 Å². The van der Waals surface area contributed by atoms with Gasteiger partial charge in [0, 0.05) is 6.04 Å². The smallest absolute Gasteiger partial charge is 0.00698 e. The van der Waals surface area contributed by atoms with E-state index in [0.717, 1.165) is 12.0 Å². The summed E-state index contributed by atoms with van der Waals surface area (Å²) in [5, 5.41) is 3.64. The first-order chi connectivity index (χ1) is 6.72. The molecule has 1 fully saturated rings. The Bertz CT molecular complexity index is 174. The van der Waals surface area contributed by atoms with E-state index >= 15 is 0 Å². The normalized spacial score (nSPS) is 27.6. The van der Waals surface area contributed by atoms with Crippen LogP contribution in [0.3, 0.4) is 0 Å². The Morgan fingerprint density at radius 1 is 1.43 bits per heavy atom. The van der Waals surface area contributed by atoms with Gasteiger partial charge in [0.15, 0.2) is 0 Å². The van der Waals surface area contributed by atoms with Gasteiger partial charge in [-0.05, 0) is 45.1 Å². The lowest BCUT2D eigenvalue weighted by Gasteiger charge is -2.30. The van der Waals surface area contributed by atoms with Crippen molar-refractivity contribution in [2.45, 2.75) is 58.4 Å². The van der Waals surface area contributed by atoms with Crippen molar-refractivity contribution in [3.05, 3.63) is 12.2 Å². The highest BCUT2D eigenvalue weighted by atomic mass is 14.9. The number of nitrogens with one attached hydrogen (secondary N) is 1. The summed E-state index contributed by atoms with van der Waals surface area (Å²) in [6, 6.07) is 0.785. The molecule has 1 aliphatic rings. The predicted molar refractivity (Wildman–Crippen MR) is 63.5 cm³/mol. The van der Waals surface area contributed by atoms with Crippen molar-refractivity contribution in [3.63, 3.8) is 0 Å². The molecule has 2 atom stereocenters. The second-order valence-electron chi connectivity index (χ2n) is 4.84. The van der Waals surface area contributed by atoms with Crippen LogP contribution in [0.25, 0.3) is 0 Å². The van der Waals surface area contributed by atoms with Crippen LogP contribution in [0, 0.1) is 5.92 Å². The predicted octanol–water partition coefficient (Wildman–Crippen LogP) is 3.51. The first kappa shape index (κ1) is 11.8.